The maximum absolute atomic E-state index is 6.94. The first-order valence-corrected chi connectivity index (χ1v) is 15.1. The minimum Gasteiger partial charge on any atom is 0 e. The van der Waals surface area contributed by atoms with Gasteiger partial charge in [0.2, 0.25) is 0 Å². The van der Waals surface area contributed by atoms with Crippen molar-refractivity contribution >= 4 is 61.4 Å². The van der Waals surface area contributed by atoms with Crippen LogP contribution in [-0.4, -0.2) is 28.7 Å². The molecule has 0 N–H and O–H groups in total. The van der Waals surface area contributed by atoms with Crippen molar-refractivity contribution in [3.8, 4) is 0 Å². The average molecular weight is 645 g/mol. The molecule has 0 aromatic heterocycles. The SMILES string of the molecule is BrCCBr.C1CCOC1.[2H]C([2H])([2H])C([2H])(C)Br.[2H][C-](C)C([2H])([2H])[2H].[Zn+][Br].[Zn]. The second-order valence-corrected chi connectivity index (χ2v) is 5.26. The number of ether oxygens (including phenoxy) is 1. The summed E-state index contributed by atoms with van der Waals surface area (Å²) in [5.41, 5.74) is 0. The van der Waals surface area contributed by atoms with E-state index in [9.17, 15) is 0 Å². The summed E-state index contributed by atoms with van der Waals surface area (Å²) in [5.74, 6) is 0. The minimum atomic E-state index is -2.23. The van der Waals surface area contributed by atoms with Gasteiger partial charge in [-0.25, -0.2) is 1.37 Å². The van der Waals surface area contributed by atoms with Gasteiger partial charge in [0.25, 0.3) is 0 Å². The zero-order chi connectivity index (χ0) is 22.0. The van der Waals surface area contributed by atoms with Gasteiger partial charge in [-0.15, -0.1) is 0 Å². The van der Waals surface area contributed by atoms with Crippen LogP contribution in [-0.2, 0) is 40.6 Å². The number of hydrogen-bond acceptors (Lipinski definition) is 1. The van der Waals surface area contributed by atoms with Gasteiger partial charge in [-0.1, -0.05) is 61.6 Å². The van der Waals surface area contributed by atoms with Gasteiger partial charge in [0.15, 0.2) is 0 Å². The topological polar surface area (TPSA) is 9.23 Å². The summed E-state index contributed by atoms with van der Waals surface area (Å²) < 4.78 is 58.0. The first kappa shape index (κ1) is 15.6. The van der Waals surface area contributed by atoms with Gasteiger partial charge in [-0.2, -0.15) is 13.8 Å². The Morgan fingerprint density at radius 2 is 1.68 bits per heavy atom. The molecule has 0 saturated carbocycles. The van der Waals surface area contributed by atoms with E-state index in [1.165, 1.54) is 43.0 Å². The van der Waals surface area contributed by atoms with E-state index in [0.717, 1.165) is 23.9 Å². The van der Waals surface area contributed by atoms with Crippen molar-refractivity contribution in [2.24, 2.45) is 0 Å². The van der Waals surface area contributed by atoms with Gasteiger partial charge in [0, 0.05) is 53.6 Å². The van der Waals surface area contributed by atoms with E-state index in [1.807, 2.05) is 0 Å². The maximum Gasteiger partial charge on any atom is 0 e. The molecule has 1 heterocycles. The molecule has 0 aromatic rings. The third-order valence-electron chi connectivity index (χ3n) is 0.899. The van der Waals surface area contributed by atoms with Crippen LogP contribution in [0.2, 0.25) is 0 Å². The third kappa shape index (κ3) is 92.8. The van der Waals surface area contributed by atoms with Gasteiger partial charge < -0.3 is 11.1 Å². The van der Waals surface area contributed by atoms with Crippen LogP contribution in [0.4, 0.5) is 0 Å². The Bertz CT molecular complexity index is 264. The Labute approximate surface area is 187 Å². The van der Waals surface area contributed by atoms with E-state index < -0.39 is 18.5 Å². The average Bonchev–Trinajstić information content (AvgIpc) is 3.06. The molecule has 1 unspecified atom stereocenters. The van der Waals surface area contributed by atoms with Crippen molar-refractivity contribution in [3.63, 3.8) is 0 Å². The predicted octanol–water partition coefficient (Wildman–Crippen LogP) is 6.43. The van der Waals surface area contributed by atoms with Crippen molar-refractivity contribution in [1.82, 2.24) is 0 Å². The summed E-state index contributed by atoms with van der Waals surface area (Å²) in [7, 11) is 0. The van der Waals surface area contributed by atoms with Gasteiger partial charge in [0.1, 0.15) is 0 Å². The van der Waals surface area contributed by atoms with Crippen molar-refractivity contribution in [2.75, 3.05) is 23.9 Å². The third-order valence-corrected chi connectivity index (χ3v) is 2.76. The van der Waals surface area contributed by atoms with E-state index in [0.29, 0.717) is 0 Å². The molecule has 1 aliphatic heterocycles. The van der Waals surface area contributed by atoms with Gasteiger partial charge in [-0.3, -0.25) is 0 Å². The second kappa shape index (κ2) is 42.9. The molecule has 112 valence electrons. The van der Waals surface area contributed by atoms with Crippen LogP contribution >= 0.6 is 61.4 Å². The summed E-state index contributed by atoms with van der Waals surface area (Å²) in [6, 6.07) is 0. The molecule has 0 bridgehead atoms. The molecule has 0 amide bonds. The first-order chi connectivity index (χ1) is 11.6. The van der Waals surface area contributed by atoms with Gasteiger partial charge in [0.05, 0.1) is 0 Å². The number of alkyl halides is 3. The summed E-state index contributed by atoms with van der Waals surface area (Å²) in [4.78, 5) is -1.50. The zero-order valence-corrected chi connectivity index (χ0v) is 23.9. The molecule has 1 fully saturated rings. The minimum absolute atomic E-state index is 0. The van der Waals surface area contributed by atoms with Crippen LogP contribution in [0.15, 0.2) is 0 Å². The molecule has 1 atom stereocenters. The maximum atomic E-state index is 6.94. The quantitative estimate of drug-likeness (QED) is 0.182. The molecule has 1 saturated heterocycles. The second-order valence-electron chi connectivity index (χ2n) is 2.48. The molecule has 0 aromatic carbocycles. The Kier molecular flexibility index (Phi) is 35.3. The van der Waals surface area contributed by atoms with Crippen LogP contribution in [0.5, 0.6) is 0 Å². The number of hydrogen-bond donors (Lipinski definition) is 0. The molecular weight excluding hydrogens is 611 g/mol. The fraction of sp³-hybridized carbons (Fsp3) is 0.917. The molecule has 0 aliphatic carbocycles. The zero-order valence-electron chi connectivity index (χ0n) is 19.6. The van der Waals surface area contributed by atoms with Gasteiger partial charge in [-0.05, 0) is 17.0 Å². The standard InChI is InChI=1S/C4H8O.C3H7Br.C3H7.C2H4Br2.BrH.2Zn/c1-2-4-5-3-1;1-3(2)4;1-3-2;3-1-2-4;;;/h1-4H2;3H,1-2H3;3H,1-2H3;1-2H2;1H;;/q;;-1;;;;+2/p-1/i;2*1D3,3D;;;;. The van der Waals surface area contributed by atoms with Crippen molar-refractivity contribution in [2.45, 2.75) is 45.2 Å². The fourth-order valence-corrected chi connectivity index (χ4v) is 0.510. The fourth-order valence-electron chi connectivity index (χ4n) is 0.510. The molecule has 0 radical (unpaired) electrons. The summed E-state index contributed by atoms with van der Waals surface area (Å²) in [6.07, 6.45) is 2.30. The van der Waals surface area contributed by atoms with Crippen molar-refractivity contribution < 1.29 is 51.5 Å². The molecule has 19 heavy (non-hydrogen) atoms. The molecule has 1 rings (SSSR count). The van der Waals surface area contributed by atoms with E-state index in [1.54, 1.807) is 0 Å². The van der Waals surface area contributed by atoms with Crippen molar-refractivity contribution in [1.29, 1.82) is 0 Å². The van der Waals surface area contributed by atoms with Crippen LogP contribution in [0, 0.1) is 6.40 Å². The van der Waals surface area contributed by atoms with Crippen LogP contribution in [0.1, 0.15) is 51.4 Å². The van der Waals surface area contributed by atoms with Crippen LogP contribution in [0.25, 0.3) is 0 Å². The largest absolute Gasteiger partial charge is 0 e. The number of rotatable bonds is 1. The van der Waals surface area contributed by atoms with Crippen LogP contribution in [0.3, 0.4) is 0 Å². The normalized spacial score (nSPS) is 21.9. The first-order valence-electron chi connectivity index (χ1n) is 9.07. The van der Waals surface area contributed by atoms with E-state index in [2.05, 4.69) is 61.4 Å². The summed E-state index contributed by atoms with van der Waals surface area (Å²) in [5, 5.41) is 2.10. The van der Waals surface area contributed by atoms with Gasteiger partial charge >= 0.3 is 30.0 Å². The summed E-state index contributed by atoms with van der Waals surface area (Å²) in [6.45, 7) is 0.167. The number of halogens is 4. The smallest absolute Gasteiger partial charge is 0 e. The molecular formula is C12H26Br4OZn2. The Hall–Kier alpha value is 3.13. The Balaban J connectivity index is -0.0000000782. The molecule has 1 aliphatic rings. The Morgan fingerprint density at radius 1 is 1.37 bits per heavy atom. The van der Waals surface area contributed by atoms with Crippen LogP contribution < -0.4 is 0 Å². The molecule has 0 spiro atoms. The van der Waals surface area contributed by atoms with E-state index in [4.69, 9.17) is 15.7 Å². The van der Waals surface area contributed by atoms with Crippen molar-refractivity contribution in [3.05, 3.63) is 6.40 Å². The van der Waals surface area contributed by atoms with E-state index in [-0.39, 0.29) is 25.9 Å². The Morgan fingerprint density at radius 3 is 1.74 bits per heavy atom. The molecule has 7 heteroatoms. The van der Waals surface area contributed by atoms with E-state index >= 15 is 0 Å². The molecule has 1 nitrogen and oxygen atoms in total. The summed E-state index contributed by atoms with van der Waals surface area (Å²) >= 11 is 13.4. The predicted molar refractivity (Wildman–Crippen MR) is 96.3 cm³/mol. The monoisotopic (exact) mass is 638 g/mol.